The molecule has 0 bridgehead atoms. The second-order valence-corrected chi connectivity index (χ2v) is 5.41. The van der Waals surface area contributed by atoms with E-state index in [2.05, 4.69) is 5.32 Å². The van der Waals surface area contributed by atoms with Crippen molar-refractivity contribution in [1.29, 1.82) is 0 Å². The van der Waals surface area contributed by atoms with E-state index in [1.165, 1.54) is 0 Å². The van der Waals surface area contributed by atoms with E-state index >= 15 is 0 Å². The van der Waals surface area contributed by atoms with Crippen molar-refractivity contribution in [2.45, 2.75) is 6.42 Å². The number of amides is 1. The summed E-state index contributed by atoms with van der Waals surface area (Å²) in [6.45, 7) is 0. The Morgan fingerprint density at radius 2 is 1.77 bits per heavy atom. The van der Waals surface area contributed by atoms with Crippen molar-refractivity contribution < 1.29 is 4.79 Å². The zero-order valence-electron chi connectivity index (χ0n) is 12.3. The van der Waals surface area contributed by atoms with Gasteiger partial charge in [0.15, 0.2) is 0 Å². The topological polar surface area (TPSA) is 34.0 Å². The Hall–Kier alpha value is -2.26. The number of halogens is 1. The number of para-hydroxylation sites is 2. The number of hydrogen-bond donors (Lipinski definition) is 1. The number of hydrogen-bond acceptors (Lipinski definition) is 1. The summed E-state index contributed by atoms with van der Waals surface area (Å²) in [7, 11) is 1.65. The third kappa shape index (κ3) is 2.38. The Bertz CT molecular complexity index is 809. The minimum Gasteiger partial charge on any atom is -0.354 e. The molecule has 3 rings (SSSR count). The van der Waals surface area contributed by atoms with Gasteiger partial charge in [-0.25, -0.2) is 0 Å². The molecule has 0 aliphatic heterocycles. The number of nitrogens with one attached hydrogen (secondary N) is 1. The summed E-state index contributed by atoms with van der Waals surface area (Å²) in [6.07, 6.45) is 0.657. The van der Waals surface area contributed by atoms with E-state index in [1.54, 1.807) is 7.05 Å². The number of carbonyl (C=O) groups excluding carboxylic acids is 1. The predicted molar refractivity (Wildman–Crippen MR) is 91.1 cm³/mol. The van der Waals surface area contributed by atoms with Crippen LogP contribution in [0.4, 0.5) is 0 Å². The maximum atomic E-state index is 12.5. The zero-order valence-corrected chi connectivity index (χ0v) is 13.1. The number of benzene rings is 2. The largest absolute Gasteiger partial charge is 0.354 e. The number of aryl methyl sites for hydroxylation is 1. The van der Waals surface area contributed by atoms with Crippen LogP contribution in [0.5, 0.6) is 0 Å². The van der Waals surface area contributed by atoms with Crippen LogP contribution < -0.4 is 5.32 Å². The van der Waals surface area contributed by atoms with Crippen LogP contribution in [-0.4, -0.2) is 23.4 Å². The van der Waals surface area contributed by atoms with Crippen LogP contribution in [0.2, 0.25) is 0 Å². The monoisotopic (exact) mass is 312 g/mol. The predicted octanol–water partition coefficient (Wildman–Crippen LogP) is 3.77. The standard InChI is InChI=1S/C18H17ClN2O/c1-20-18(22)17-15(11-12-19)14-9-5-6-10-16(14)21(17)13-7-3-2-4-8-13/h2-10H,11-12H2,1H3,(H,20,22). The third-order valence-electron chi connectivity index (χ3n) is 3.78. The number of alkyl halides is 1. The normalized spacial score (nSPS) is 10.8. The molecule has 4 heteroatoms. The molecule has 0 aliphatic carbocycles. The van der Waals surface area contributed by atoms with Gasteiger partial charge in [0, 0.05) is 24.0 Å². The molecule has 0 unspecified atom stereocenters. The molecule has 22 heavy (non-hydrogen) atoms. The van der Waals surface area contributed by atoms with Crippen LogP contribution in [-0.2, 0) is 6.42 Å². The molecule has 112 valence electrons. The second-order valence-electron chi connectivity index (χ2n) is 5.03. The van der Waals surface area contributed by atoms with E-state index in [0.29, 0.717) is 18.0 Å². The summed E-state index contributed by atoms with van der Waals surface area (Å²) in [5.41, 5.74) is 3.65. The van der Waals surface area contributed by atoms with Crippen molar-refractivity contribution in [1.82, 2.24) is 9.88 Å². The first-order valence-corrected chi connectivity index (χ1v) is 7.77. The Morgan fingerprint density at radius 3 is 2.45 bits per heavy atom. The van der Waals surface area contributed by atoms with Gasteiger partial charge in [0.2, 0.25) is 0 Å². The lowest BCUT2D eigenvalue weighted by Crippen LogP contribution is -2.22. The van der Waals surface area contributed by atoms with Gasteiger partial charge in [-0.1, -0.05) is 36.4 Å². The van der Waals surface area contributed by atoms with E-state index in [4.69, 9.17) is 11.6 Å². The van der Waals surface area contributed by atoms with Crippen molar-refractivity contribution in [2.24, 2.45) is 0 Å². The molecular weight excluding hydrogens is 296 g/mol. The number of rotatable bonds is 4. The molecule has 1 aromatic heterocycles. The second kappa shape index (κ2) is 6.24. The molecule has 3 nitrogen and oxygen atoms in total. The van der Waals surface area contributed by atoms with E-state index < -0.39 is 0 Å². The smallest absolute Gasteiger partial charge is 0.268 e. The lowest BCUT2D eigenvalue weighted by molar-refractivity contribution is 0.0956. The highest BCUT2D eigenvalue weighted by Gasteiger charge is 2.22. The highest BCUT2D eigenvalue weighted by Crippen LogP contribution is 2.30. The Kier molecular flexibility index (Phi) is 4.16. The van der Waals surface area contributed by atoms with Gasteiger partial charge in [0.25, 0.3) is 5.91 Å². The quantitative estimate of drug-likeness (QED) is 0.731. The summed E-state index contributed by atoms with van der Waals surface area (Å²) in [6, 6.07) is 18.0. The molecule has 0 atom stereocenters. The molecule has 2 aromatic carbocycles. The van der Waals surface area contributed by atoms with E-state index in [-0.39, 0.29) is 5.91 Å². The third-order valence-corrected chi connectivity index (χ3v) is 3.97. The van der Waals surface area contributed by atoms with E-state index in [1.807, 2.05) is 59.2 Å². The fourth-order valence-corrected chi connectivity index (χ4v) is 3.05. The molecule has 0 fully saturated rings. The molecule has 0 aliphatic rings. The highest BCUT2D eigenvalue weighted by atomic mass is 35.5. The lowest BCUT2D eigenvalue weighted by atomic mass is 10.1. The summed E-state index contributed by atoms with van der Waals surface area (Å²) in [5, 5.41) is 3.82. The molecule has 1 N–H and O–H groups in total. The molecule has 0 spiro atoms. The number of aromatic nitrogens is 1. The molecule has 0 saturated heterocycles. The van der Waals surface area contributed by atoms with Crippen molar-refractivity contribution >= 4 is 28.4 Å². The van der Waals surface area contributed by atoms with Crippen LogP contribution in [0.1, 0.15) is 16.1 Å². The Balaban J connectivity index is 2.40. The molecule has 3 aromatic rings. The summed E-state index contributed by atoms with van der Waals surface area (Å²) in [5.74, 6) is 0.382. The van der Waals surface area contributed by atoms with E-state index in [0.717, 1.165) is 22.2 Å². The van der Waals surface area contributed by atoms with Gasteiger partial charge in [-0.05, 0) is 30.2 Å². The number of carbonyl (C=O) groups is 1. The van der Waals surface area contributed by atoms with Gasteiger partial charge in [-0.15, -0.1) is 11.6 Å². The highest BCUT2D eigenvalue weighted by molar-refractivity contribution is 6.18. The van der Waals surface area contributed by atoms with Crippen molar-refractivity contribution in [3.8, 4) is 5.69 Å². The van der Waals surface area contributed by atoms with Crippen LogP contribution in [0.25, 0.3) is 16.6 Å². The Labute approximate surface area is 134 Å². The minimum atomic E-state index is -0.0971. The fraction of sp³-hybridized carbons (Fsp3) is 0.167. The lowest BCUT2D eigenvalue weighted by Gasteiger charge is -2.11. The summed E-state index contributed by atoms with van der Waals surface area (Å²) < 4.78 is 2.01. The van der Waals surface area contributed by atoms with Gasteiger partial charge in [-0.3, -0.25) is 4.79 Å². The van der Waals surface area contributed by atoms with Crippen molar-refractivity contribution in [3.05, 3.63) is 65.9 Å². The SMILES string of the molecule is CNC(=O)c1c(CCCl)c2ccccc2n1-c1ccccc1. The molecule has 1 heterocycles. The molecule has 0 radical (unpaired) electrons. The molecule has 1 amide bonds. The van der Waals surface area contributed by atoms with Crippen LogP contribution in [0.15, 0.2) is 54.6 Å². The summed E-state index contributed by atoms with van der Waals surface area (Å²) in [4.78, 5) is 12.5. The Morgan fingerprint density at radius 1 is 1.09 bits per heavy atom. The van der Waals surface area contributed by atoms with Crippen LogP contribution in [0.3, 0.4) is 0 Å². The van der Waals surface area contributed by atoms with Crippen LogP contribution in [0, 0.1) is 0 Å². The summed E-state index contributed by atoms with van der Waals surface area (Å²) >= 11 is 5.97. The molecule has 0 saturated carbocycles. The van der Waals surface area contributed by atoms with Crippen molar-refractivity contribution in [3.63, 3.8) is 0 Å². The first-order valence-electron chi connectivity index (χ1n) is 7.23. The average molecular weight is 313 g/mol. The zero-order chi connectivity index (χ0) is 15.5. The fourth-order valence-electron chi connectivity index (χ4n) is 2.86. The minimum absolute atomic E-state index is 0.0971. The van der Waals surface area contributed by atoms with Crippen LogP contribution >= 0.6 is 11.6 Å². The van der Waals surface area contributed by atoms with Gasteiger partial charge < -0.3 is 9.88 Å². The average Bonchev–Trinajstić information content (AvgIpc) is 2.90. The van der Waals surface area contributed by atoms with Gasteiger partial charge in [0.05, 0.1) is 5.52 Å². The first kappa shape index (κ1) is 14.7. The number of nitrogens with zero attached hydrogens (tertiary/aromatic N) is 1. The molecular formula is C18H17ClN2O. The van der Waals surface area contributed by atoms with Crippen molar-refractivity contribution in [2.75, 3.05) is 12.9 Å². The first-order chi connectivity index (χ1) is 10.8. The van der Waals surface area contributed by atoms with Gasteiger partial charge in [-0.2, -0.15) is 0 Å². The maximum Gasteiger partial charge on any atom is 0.268 e. The van der Waals surface area contributed by atoms with E-state index in [9.17, 15) is 4.79 Å². The maximum absolute atomic E-state index is 12.5. The van der Waals surface area contributed by atoms with Gasteiger partial charge >= 0.3 is 0 Å². The number of fused-ring (bicyclic) bond motifs is 1. The van der Waals surface area contributed by atoms with Gasteiger partial charge in [0.1, 0.15) is 5.69 Å².